The number of carbonyl (C=O) groups excluding carboxylic acids is 2. The second-order valence-electron chi connectivity index (χ2n) is 12.4. The van der Waals surface area contributed by atoms with E-state index in [1.165, 1.54) is 19.8 Å². The highest BCUT2D eigenvalue weighted by Gasteiger charge is 2.73. The molecular weight excluding hydrogens is 530 g/mol. The minimum Gasteiger partial charge on any atom is -0.504 e. The molecule has 2 saturated carbocycles. The van der Waals surface area contributed by atoms with E-state index >= 15 is 0 Å². The number of hydrogen-bond donors (Lipinski definition) is 4. The highest BCUT2D eigenvalue weighted by molar-refractivity contribution is 6.12. The monoisotopic (exact) mass is 563 g/mol. The SMILES string of the molecule is CC(=O)c1c[nH]c2c(C(=O)N[C@@H]3CC[C@@]4(O)[C@H]5Cc6ccc(O)c7c6[C@@]4(CCN5CC4CC4)[C@H]3O7)cccc12.Cl. The number of fused-ring (bicyclic) bond motifs is 1. The van der Waals surface area contributed by atoms with Crippen LogP contribution < -0.4 is 10.1 Å². The summed E-state index contributed by atoms with van der Waals surface area (Å²) in [6.45, 7) is 3.41. The van der Waals surface area contributed by atoms with E-state index < -0.39 is 17.1 Å². The number of amides is 1. The molecule has 3 heterocycles. The van der Waals surface area contributed by atoms with Crippen LogP contribution >= 0.6 is 12.4 Å². The first-order valence-electron chi connectivity index (χ1n) is 14.2. The lowest BCUT2D eigenvalue weighted by Gasteiger charge is -2.64. The second kappa shape index (κ2) is 8.71. The van der Waals surface area contributed by atoms with Crippen molar-refractivity contribution in [3.63, 3.8) is 0 Å². The molecule has 1 aromatic heterocycles. The van der Waals surface area contributed by atoms with Gasteiger partial charge in [0.1, 0.15) is 6.10 Å². The zero-order valence-electron chi connectivity index (χ0n) is 22.4. The van der Waals surface area contributed by atoms with Gasteiger partial charge in [0.2, 0.25) is 0 Å². The maximum atomic E-state index is 13.7. The largest absolute Gasteiger partial charge is 0.504 e. The van der Waals surface area contributed by atoms with Crippen LogP contribution in [-0.4, -0.2) is 68.7 Å². The van der Waals surface area contributed by atoms with Gasteiger partial charge in [-0.1, -0.05) is 18.2 Å². The van der Waals surface area contributed by atoms with Gasteiger partial charge >= 0.3 is 0 Å². The summed E-state index contributed by atoms with van der Waals surface area (Å²) in [5, 5.41) is 27.4. The van der Waals surface area contributed by atoms with Crippen LogP contribution in [0.4, 0.5) is 0 Å². The normalized spacial score (nSPS) is 31.7. The number of hydrogen-bond acceptors (Lipinski definition) is 6. The lowest BCUT2D eigenvalue weighted by molar-refractivity contribution is -0.191. The Labute approximate surface area is 238 Å². The van der Waals surface area contributed by atoms with Crippen molar-refractivity contribution in [3.8, 4) is 11.5 Å². The molecule has 5 atom stereocenters. The lowest BCUT2D eigenvalue weighted by Crippen LogP contribution is -2.78. The third kappa shape index (κ3) is 3.27. The van der Waals surface area contributed by atoms with Gasteiger partial charge in [0, 0.05) is 35.3 Å². The molecular formula is C31H34ClN3O5. The number of carbonyl (C=O) groups is 2. The zero-order chi connectivity index (χ0) is 26.7. The van der Waals surface area contributed by atoms with Crippen molar-refractivity contribution in [1.29, 1.82) is 0 Å². The number of ether oxygens (including phenoxy) is 1. The van der Waals surface area contributed by atoms with Gasteiger partial charge in [0.05, 0.1) is 28.1 Å². The van der Waals surface area contributed by atoms with Gasteiger partial charge in [0.15, 0.2) is 17.3 Å². The van der Waals surface area contributed by atoms with Gasteiger partial charge in [-0.25, -0.2) is 0 Å². The Bertz CT molecular complexity index is 1570. The number of phenols is 1. The number of halogens is 1. The Kier molecular flexibility index (Phi) is 5.64. The number of para-hydroxylation sites is 1. The first-order valence-corrected chi connectivity index (χ1v) is 14.2. The van der Waals surface area contributed by atoms with Gasteiger partial charge < -0.3 is 25.3 Å². The molecule has 0 unspecified atom stereocenters. The maximum Gasteiger partial charge on any atom is 0.253 e. The van der Waals surface area contributed by atoms with Crippen molar-refractivity contribution in [2.45, 2.75) is 74.7 Å². The Morgan fingerprint density at radius 2 is 1.98 bits per heavy atom. The van der Waals surface area contributed by atoms with Gasteiger partial charge in [-0.05, 0) is 75.6 Å². The third-order valence-corrected chi connectivity index (χ3v) is 10.4. The summed E-state index contributed by atoms with van der Waals surface area (Å²) in [5.74, 6) is 0.995. The Balaban J connectivity index is 0.00000264. The highest BCUT2D eigenvalue weighted by Crippen LogP contribution is 2.65. The van der Waals surface area contributed by atoms with E-state index in [9.17, 15) is 19.8 Å². The quantitative estimate of drug-likeness (QED) is 0.351. The number of Topliss-reactive ketones (excluding diaryl/α,β-unsaturated/α-hetero) is 1. The van der Waals surface area contributed by atoms with E-state index in [0.29, 0.717) is 35.2 Å². The van der Waals surface area contributed by atoms with Gasteiger partial charge in [-0.2, -0.15) is 0 Å². The number of likely N-dealkylation sites (tertiary alicyclic amines) is 1. The van der Waals surface area contributed by atoms with E-state index in [1.807, 2.05) is 12.1 Å². The van der Waals surface area contributed by atoms with Crippen molar-refractivity contribution in [3.05, 3.63) is 58.8 Å². The number of aliphatic hydroxyl groups is 1. The van der Waals surface area contributed by atoms with E-state index in [4.69, 9.17) is 4.74 Å². The number of aromatic amines is 1. The summed E-state index contributed by atoms with van der Waals surface area (Å²) in [7, 11) is 0. The topological polar surface area (TPSA) is 115 Å². The molecule has 5 aliphatic rings. The van der Waals surface area contributed by atoms with Crippen LogP contribution in [0.3, 0.4) is 0 Å². The Morgan fingerprint density at radius 3 is 2.75 bits per heavy atom. The first kappa shape index (κ1) is 25.9. The minimum atomic E-state index is -0.992. The molecule has 210 valence electrons. The summed E-state index contributed by atoms with van der Waals surface area (Å²) in [5.41, 5.74) is 2.08. The molecule has 0 radical (unpaired) electrons. The number of nitrogens with zero attached hydrogens (tertiary/aromatic N) is 1. The van der Waals surface area contributed by atoms with Crippen LogP contribution in [0.1, 0.15) is 70.9 Å². The smallest absolute Gasteiger partial charge is 0.253 e. The van der Waals surface area contributed by atoms with E-state index in [-0.39, 0.29) is 41.9 Å². The van der Waals surface area contributed by atoms with Gasteiger partial charge in [0.25, 0.3) is 5.91 Å². The Morgan fingerprint density at radius 1 is 1.15 bits per heavy atom. The van der Waals surface area contributed by atoms with Gasteiger partial charge in [-0.3, -0.25) is 14.5 Å². The Hall–Kier alpha value is -3.07. The van der Waals surface area contributed by atoms with Crippen molar-refractivity contribution >= 4 is 35.0 Å². The van der Waals surface area contributed by atoms with Crippen LogP contribution in [0.5, 0.6) is 11.5 Å². The van der Waals surface area contributed by atoms with Crippen LogP contribution in [0.15, 0.2) is 36.5 Å². The maximum absolute atomic E-state index is 13.7. The van der Waals surface area contributed by atoms with Crippen molar-refractivity contribution < 1.29 is 24.5 Å². The molecule has 1 spiro atoms. The standard InChI is InChI=1S/C31H33N3O5.ClH/c1-16(35)21-14-32-26-19(21)3-2-4-20(26)29(37)33-22-9-10-31(38)24-13-18-7-8-23(36)27-25(18)30(31,28(22)39-27)11-12-34(24)15-17-5-6-17;/h2-4,7-8,14,17,22,24,28,32,36,38H,5-6,9-13,15H2,1H3,(H,33,37);1H/t22-,24-,28+,30+,31-;/m1./s1. The summed E-state index contributed by atoms with van der Waals surface area (Å²) in [6.07, 6.45) is 6.30. The average Bonchev–Trinajstić information content (AvgIpc) is 3.49. The number of benzene rings is 2. The molecule has 2 aliphatic heterocycles. The first-order chi connectivity index (χ1) is 18.8. The van der Waals surface area contributed by atoms with Crippen LogP contribution in [-0.2, 0) is 11.8 Å². The number of piperidine rings is 1. The number of nitrogens with one attached hydrogen (secondary N) is 2. The lowest BCUT2D eigenvalue weighted by atomic mass is 9.48. The molecule has 2 aromatic carbocycles. The molecule has 2 bridgehead atoms. The second-order valence-corrected chi connectivity index (χ2v) is 12.4. The van der Waals surface area contributed by atoms with Gasteiger partial charge in [-0.15, -0.1) is 12.4 Å². The number of aromatic nitrogens is 1. The van der Waals surface area contributed by atoms with E-state index in [2.05, 4.69) is 15.2 Å². The minimum absolute atomic E-state index is 0. The van der Waals surface area contributed by atoms with Crippen molar-refractivity contribution in [2.24, 2.45) is 5.92 Å². The van der Waals surface area contributed by atoms with Crippen LogP contribution in [0, 0.1) is 5.92 Å². The number of phenolic OH excluding ortho intramolecular Hbond substituents is 1. The molecule has 3 fully saturated rings. The van der Waals surface area contributed by atoms with Crippen LogP contribution in [0.2, 0.25) is 0 Å². The molecule has 3 aliphatic carbocycles. The predicted molar refractivity (Wildman–Crippen MR) is 152 cm³/mol. The van der Waals surface area contributed by atoms with E-state index in [1.54, 1.807) is 24.4 Å². The number of ketones is 1. The number of H-pyrrole nitrogens is 1. The fourth-order valence-corrected chi connectivity index (χ4v) is 8.51. The fourth-order valence-electron chi connectivity index (χ4n) is 8.51. The molecule has 4 N–H and O–H groups in total. The number of rotatable bonds is 5. The van der Waals surface area contributed by atoms with Crippen molar-refractivity contribution in [2.75, 3.05) is 13.1 Å². The zero-order valence-corrected chi connectivity index (χ0v) is 23.2. The summed E-state index contributed by atoms with van der Waals surface area (Å²) >= 11 is 0. The number of aromatic hydroxyl groups is 1. The molecule has 8 nitrogen and oxygen atoms in total. The van der Waals surface area contributed by atoms with Crippen LogP contribution in [0.25, 0.3) is 10.9 Å². The molecule has 1 amide bonds. The van der Waals surface area contributed by atoms with E-state index in [0.717, 1.165) is 48.4 Å². The summed E-state index contributed by atoms with van der Waals surface area (Å²) < 4.78 is 6.58. The average molecular weight is 564 g/mol. The molecule has 40 heavy (non-hydrogen) atoms. The molecule has 8 rings (SSSR count). The predicted octanol–water partition coefficient (Wildman–Crippen LogP) is 3.86. The summed E-state index contributed by atoms with van der Waals surface area (Å²) in [6, 6.07) is 8.76. The molecule has 3 aromatic rings. The summed E-state index contributed by atoms with van der Waals surface area (Å²) in [4.78, 5) is 31.4. The fraction of sp³-hybridized carbons (Fsp3) is 0.484. The van der Waals surface area contributed by atoms with Crippen molar-refractivity contribution in [1.82, 2.24) is 15.2 Å². The molecule has 9 heteroatoms. The third-order valence-electron chi connectivity index (χ3n) is 10.4. The molecule has 1 saturated heterocycles. The highest BCUT2D eigenvalue weighted by atomic mass is 35.5.